The summed E-state index contributed by atoms with van der Waals surface area (Å²) in [4.78, 5) is 13.4. The van der Waals surface area contributed by atoms with Gasteiger partial charge in [0, 0.05) is 19.7 Å². The highest BCUT2D eigenvalue weighted by atomic mass is 35.5. The van der Waals surface area contributed by atoms with Crippen LogP contribution in [0.25, 0.3) is 0 Å². The number of oxime groups is 1. The molecule has 0 bridgehead atoms. The van der Waals surface area contributed by atoms with Gasteiger partial charge in [-0.3, -0.25) is 0 Å². The van der Waals surface area contributed by atoms with Gasteiger partial charge in [0.15, 0.2) is 5.17 Å². The second-order valence-corrected chi connectivity index (χ2v) is 4.40. The molecule has 0 heterocycles. The van der Waals surface area contributed by atoms with Gasteiger partial charge in [0.05, 0.1) is 23.4 Å². The van der Waals surface area contributed by atoms with Crippen LogP contribution in [0, 0.1) is 0 Å². The first-order valence-electron chi connectivity index (χ1n) is 4.89. The van der Waals surface area contributed by atoms with E-state index in [0.717, 1.165) is 0 Å². The van der Waals surface area contributed by atoms with Gasteiger partial charge in [-0.25, -0.2) is 4.79 Å². The van der Waals surface area contributed by atoms with E-state index in [1.165, 1.54) is 19.2 Å². The Kier molecular flexibility index (Phi) is 4.81. The molecule has 5 nitrogen and oxygen atoms in total. The molecular weight excluding hydrogens is 279 g/mol. The highest BCUT2D eigenvalue weighted by Crippen LogP contribution is 2.31. The lowest BCUT2D eigenvalue weighted by Gasteiger charge is -2.18. The quantitative estimate of drug-likeness (QED) is 0.402. The Hall–Kier alpha value is -1.46. The zero-order valence-electron chi connectivity index (χ0n) is 10.1. The molecule has 0 aliphatic heterocycles. The largest absolute Gasteiger partial charge is 0.465 e. The molecule has 0 fully saturated rings. The van der Waals surface area contributed by atoms with E-state index in [2.05, 4.69) is 9.89 Å². The van der Waals surface area contributed by atoms with E-state index >= 15 is 0 Å². The first-order chi connectivity index (χ1) is 8.42. The van der Waals surface area contributed by atoms with Gasteiger partial charge < -0.3 is 14.8 Å². The van der Waals surface area contributed by atoms with Crippen molar-refractivity contribution >= 4 is 40.0 Å². The fourth-order valence-corrected chi connectivity index (χ4v) is 1.99. The zero-order valence-corrected chi connectivity index (χ0v) is 11.6. The molecule has 0 aliphatic rings. The van der Waals surface area contributed by atoms with Crippen LogP contribution in [0.2, 0.25) is 5.02 Å². The van der Waals surface area contributed by atoms with Crippen LogP contribution in [-0.4, -0.2) is 37.6 Å². The number of rotatable bonds is 3. The molecule has 0 unspecified atom stereocenters. The number of anilines is 1. The number of esters is 1. The topological polar surface area (TPSA) is 62.1 Å². The second-order valence-electron chi connectivity index (χ2n) is 3.63. The number of hydrogen-bond acceptors (Lipinski definition) is 5. The van der Waals surface area contributed by atoms with Crippen LogP contribution < -0.4 is 4.90 Å². The third-order valence-corrected chi connectivity index (χ3v) is 2.82. The van der Waals surface area contributed by atoms with Crippen molar-refractivity contribution in [3.8, 4) is 0 Å². The predicted molar refractivity (Wildman–Crippen MR) is 71.3 cm³/mol. The van der Waals surface area contributed by atoms with Crippen molar-refractivity contribution in [2.75, 3.05) is 26.1 Å². The monoisotopic (exact) mass is 290 g/mol. The summed E-state index contributed by atoms with van der Waals surface area (Å²) in [6, 6.07) is 2.96. The molecule has 98 valence electrons. The van der Waals surface area contributed by atoms with Gasteiger partial charge in [-0.05, 0) is 12.1 Å². The standard InChI is InChI=1S/C11H12Cl2N2O3/c1-15(2)9-7(11(16)18-3)4-6(5-8(9)12)10(13)14-17/h4-5,17H,1-3H3/b14-10-. The van der Waals surface area contributed by atoms with Crippen molar-refractivity contribution in [2.45, 2.75) is 0 Å². The first kappa shape index (κ1) is 14.6. The molecule has 0 saturated carbocycles. The first-order valence-corrected chi connectivity index (χ1v) is 5.65. The summed E-state index contributed by atoms with van der Waals surface area (Å²) in [6.07, 6.45) is 0. The Labute approximate surface area is 115 Å². The van der Waals surface area contributed by atoms with Crippen molar-refractivity contribution in [1.82, 2.24) is 0 Å². The van der Waals surface area contributed by atoms with E-state index in [9.17, 15) is 4.79 Å². The van der Waals surface area contributed by atoms with Gasteiger partial charge in [-0.2, -0.15) is 0 Å². The summed E-state index contributed by atoms with van der Waals surface area (Å²) in [6.45, 7) is 0. The van der Waals surface area contributed by atoms with Crippen LogP contribution >= 0.6 is 23.2 Å². The van der Waals surface area contributed by atoms with Crippen LogP contribution in [0.3, 0.4) is 0 Å². The molecule has 0 aromatic heterocycles. The number of methoxy groups -OCH3 is 1. The van der Waals surface area contributed by atoms with Crippen molar-refractivity contribution < 1.29 is 14.7 Å². The number of hydrogen-bond donors (Lipinski definition) is 1. The SMILES string of the molecule is COC(=O)c1cc(/C(Cl)=N/O)cc(Cl)c1N(C)C. The second kappa shape index (κ2) is 5.93. The van der Waals surface area contributed by atoms with E-state index in [-0.39, 0.29) is 10.7 Å². The molecule has 1 N–H and O–H groups in total. The lowest BCUT2D eigenvalue weighted by molar-refractivity contribution is 0.0601. The van der Waals surface area contributed by atoms with Gasteiger partial charge in [0.1, 0.15) is 0 Å². The fourth-order valence-electron chi connectivity index (χ4n) is 1.50. The summed E-state index contributed by atoms with van der Waals surface area (Å²) < 4.78 is 4.68. The van der Waals surface area contributed by atoms with E-state index in [1.807, 2.05) is 0 Å². The molecule has 1 aromatic rings. The van der Waals surface area contributed by atoms with E-state index in [1.54, 1.807) is 19.0 Å². The van der Waals surface area contributed by atoms with E-state index in [0.29, 0.717) is 16.3 Å². The molecule has 0 aliphatic carbocycles. The van der Waals surface area contributed by atoms with Crippen LogP contribution in [0.15, 0.2) is 17.3 Å². The maximum Gasteiger partial charge on any atom is 0.340 e. The maximum absolute atomic E-state index is 11.7. The third kappa shape index (κ3) is 2.86. The van der Waals surface area contributed by atoms with Crippen LogP contribution in [0.4, 0.5) is 5.69 Å². The van der Waals surface area contributed by atoms with E-state index in [4.69, 9.17) is 28.4 Å². The minimum absolute atomic E-state index is 0.160. The lowest BCUT2D eigenvalue weighted by atomic mass is 10.1. The minimum atomic E-state index is -0.551. The molecule has 1 aromatic carbocycles. The van der Waals surface area contributed by atoms with Gasteiger partial charge in [0.2, 0.25) is 0 Å². The summed E-state index contributed by atoms with van der Waals surface area (Å²) in [5, 5.41) is 11.6. The van der Waals surface area contributed by atoms with Crippen molar-refractivity contribution in [2.24, 2.45) is 5.16 Å². The van der Waals surface area contributed by atoms with Gasteiger partial charge in [-0.1, -0.05) is 28.4 Å². The van der Waals surface area contributed by atoms with Gasteiger partial charge in [0.25, 0.3) is 0 Å². The number of halogens is 2. The Balaban J connectivity index is 3.52. The van der Waals surface area contributed by atoms with Gasteiger partial charge >= 0.3 is 5.97 Å². The van der Waals surface area contributed by atoms with Crippen molar-refractivity contribution in [1.29, 1.82) is 0 Å². The molecule has 0 atom stereocenters. The lowest BCUT2D eigenvalue weighted by Crippen LogP contribution is -2.16. The maximum atomic E-state index is 11.7. The molecule has 0 spiro atoms. The third-order valence-electron chi connectivity index (χ3n) is 2.24. The highest BCUT2D eigenvalue weighted by Gasteiger charge is 2.19. The smallest absolute Gasteiger partial charge is 0.340 e. The average molecular weight is 291 g/mol. The Bertz CT molecular complexity index is 501. The van der Waals surface area contributed by atoms with Crippen molar-refractivity contribution in [3.63, 3.8) is 0 Å². The molecule has 18 heavy (non-hydrogen) atoms. The normalized spacial score (nSPS) is 11.3. The van der Waals surface area contributed by atoms with Crippen LogP contribution in [0.1, 0.15) is 15.9 Å². The molecule has 0 saturated heterocycles. The van der Waals surface area contributed by atoms with Gasteiger partial charge in [-0.15, -0.1) is 0 Å². The van der Waals surface area contributed by atoms with E-state index < -0.39 is 5.97 Å². The number of ether oxygens (including phenoxy) is 1. The van der Waals surface area contributed by atoms with Crippen molar-refractivity contribution in [3.05, 3.63) is 28.3 Å². The average Bonchev–Trinajstić information content (AvgIpc) is 2.35. The summed E-state index contributed by atoms with van der Waals surface area (Å²) in [5.41, 5.74) is 1.08. The molecule has 1 rings (SSSR count). The summed E-state index contributed by atoms with van der Waals surface area (Å²) in [5.74, 6) is -0.551. The molecular formula is C11H12Cl2N2O3. The van der Waals surface area contributed by atoms with Crippen LogP contribution in [0.5, 0.6) is 0 Å². The Morgan fingerprint density at radius 2 is 2.06 bits per heavy atom. The minimum Gasteiger partial charge on any atom is -0.465 e. The summed E-state index contributed by atoms with van der Waals surface area (Å²) in [7, 11) is 4.76. The molecule has 7 heteroatoms. The Morgan fingerprint density at radius 1 is 1.44 bits per heavy atom. The fraction of sp³-hybridized carbons (Fsp3) is 0.273. The molecule has 0 amide bonds. The number of benzene rings is 1. The van der Waals surface area contributed by atoms with Crippen LogP contribution in [-0.2, 0) is 4.74 Å². The highest BCUT2D eigenvalue weighted by molar-refractivity contribution is 6.69. The Morgan fingerprint density at radius 3 is 2.50 bits per heavy atom. The summed E-state index contributed by atoms with van der Waals surface area (Å²) >= 11 is 11.8. The molecule has 0 radical (unpaired) electrons. The number of carbonyl (C=O) groups excluding carboxylic acids is 1. The zero-order chi connectivity index (χ0) is 13.9. The number of carbonyl (C=O) groups is 1. The number of nitrogens with zero attached hydrogens (tertiary/aromatic N) is 2. The predicted octanol–water partition coefficient (Wildman–Crippen LogP) is 2.57.